The molecule has 1 aliphatic rings. The molecule has 2 aromatic carbocycles. The zero-order valence-corrected chi connectivity index (χ0v) is 12.5. The van der Waals surface area contributed by atoms with Gasteiger partial charge in [0.1, 0.15) is 5.60 Å². The Kier molecular flexibility index (Phi) is 4.09. The number of benzene rings is 2. The van der Waals surface area contributed by atoms with Gasteiger partial charge in [-0.05, 0) is 41.5 Å². The van der Waals surface area contributed by atoms with E-state index in [0.29, 0.717) is 13.0 Å². The lowest BCUT2D eigenvalue weighted by Gasteiger charge is -2.28. The molecule has 0 fully saturated rings. The lowest BCUT2D eigenvalue weighted by atomic mass is 9.87. The van der Waals surface area contributed by atoms with E-state index in [4.69, 9.17) is 4.74 Å². The van der Waals surface area contributed by atoms with Gasteiger partial charge in [0.05, 0.1) is 6.61 Å². The van der Waals surface area contributed by atoms with Crippen molar-refractivity contribution in [2.75, 3.05) is 13.7 Å². The Morgan fingerprint density at radius 1 is 1.05 bits per heavy atom. The largest absolute Gasteiger partial charge is 0.382 e. The SMILES string of the molecule is COCC(O)(Cc1ccc2c(c1)CCC2)c1ccccc1. The topological polar surface area (TPSA) is 29.5 Å². The number of aryl methyl sites for hydroxylation is 2. The quantitative estimate of drug-likeness (QED) is 0.912. The van der Waals surface area contributed by atoms with Gasteiger partial charge in [0.2, 0.25) is 0 Å². The summed E-state index contributed by atoms with van der Waals surface area (Å²) >= 11 is 0. The number of hydrogen-bond acceptors (Lipinski definition) is 2. The second-order valence-electron chi connectivity index (χ2n) is 5.96. The van der Waals surface area contributed by atoms with E-state index in [1.807, 2.05) is 30.3 Å². The number of hydrogen-bond donors (Lipinski definition) is 1. The summed E-state index contributed by atoms with van der Waals surface area (Å²) in [6, 6.07) is 16.4. The number of fused-ring (bicyclic) bond motifs is 1. The third kappa shape index (κ3) is 3.02. The molecule has 2 nitrogen and oxygen atoms in total. The Morgan fingerprint density at radius 2 is 1.81 bits per heavy atom. The lowest BCUT2D eigenvalue weighted by Crippen LogP contribution is -2.33. The number of ether oxygens (including phenoxy) is 1. The first-order valence-corrected chi connectivity index (χ1v) is 7.59. The van der Waals surface area contributed by atoms with Crippen molar-refractivity contribution < 1.29 is 9.84 Å². The summed E-state index contributed by atoms with van der Waals surface area (Å²) in [5.74, 6) is 0. The molecule has 3 rings (SSSR count). The van der Waals surface area contributed by atoms with E-state index in [-0.39, 0.29) is 0 Å². The number of rotatable bonds is 5. The Bertz CT molecular complexity index is 606. The van der Waals surface area contributed by atoms with E-state index in [0.717, 1.165) is 12.0 Å². The fourth-order valence-electron chi connectivity index (χ4n) is 3.30. The van der Waals surface area contributed by atoms with E-state index < -0.39 is 5.60 Å². The second kappa shape index (κ2) is 6.00. The fraction of sp³-hybridized carbons (Fsp3) is 0.368. The molecule has 21 heavy (non-hydrogen) atoms. The van der Waals surface area contributed by atoms with Gasteiger partial charge in [-0.25, -0.2) is 0 Å². The Balaban J connectivity index is 1.88. The summed E-state index contributed by atoms with van der Waals surface area (Å²) < 4.78 is 5.28. The first-order chi connectivity index (χ1) is 10.2. The van der Waals surface area contributed by atoms with Gasteiger partial charge >= 0.3 is 0 Å². The van der Waals surface area contributed by atoms with Crippen LogP contribution in [-0.4, -0.2) is 18.8 Å². The van der Waals surface area contributed by atoms with Crippen LogP contribution in [-0.2, 0) is 29.6 Å². The molecule has 1 atom stereocenters. The molecule has 0 bridgehead atoms. The molecular weight excluding hydrogens is 260 g/mol. The van der Waals surface area contributed by atoms with E-state index >= 15 is 0 Å². The molecule has 1 aliphatic carbocycles. The van der Waals surface area contributed by atoms with Crippen LogP contribution in [0, 0.1) is 0 Å². The maximum absolute atomic E-state index is 11.1. The number of aliphatic hydroxyl groups is 1. The summed E-state index contributed by atoms with van der Waals surface area (Å²) in [6.07, 6.45) is 4.19. The summed E-state index contributed by atoms with van der Waals surface area (Å²) in [5.41, 5.74) is 4.03. The van der Waals surface area contributed by atoms with Crippen molar-refractivity contribution >= 4 is 0 Å². The maximum Gasteiger partial charge on any atom is 0.117 e. The van der Waals surface area contributed by atoms with Crippen LogP contribution in [0.4, 0.5) is 0 Å². The molecule has 0 aromatic heterocycles. The molecule has 1 unspecified atom stereocenters. The number of methoxy groups -OCH3 is 1. The average Bonchev–Trinajstić information content (AvgIpc) is 2.96. The van der Waals surface area contributed by atoms with Gasteiger partial charge in [0.25, 0.3) is 0 Å². The molecule has 2 aromatic rings. The summed E-state index contributed by atoms with van der Waals surface area (Å²) in [4.78, 5) is 0. The standard InChI is InChI=1S/C19H22O2/c1-21-14-19(20,18-8-3-2-4-9-18)13-15-10-11-16-6-5-7-17(16)12-15/h2-4,8-12,20H,5-7,13-14H2,1H3. The first kappa shape index (κ1) is 14.3. The predicted molar refractivity (Wildman–Crippen MR) is 84.4 cm³/mol. The zero-order chi connectivity index (χ0) is 14.7. The van der Waals surface area contributed by atoms with Crippen LogP contribution in [0.5, 0.6) is 0 Å². The normalized spacial score (nSPS) is 16.5. The molecular formula is C19H22O2. The van der Waals surface area contributed by atoms with Gasteiger partial charge in [-0.2, -0.15) is 0 Å². The van der Waals surface area contributed by atoms with Crippen LogP contribution in [0.15, 0.2) is 48.5 Å². The third-order valence-corrected chi connectivity index (χ3v) is 4.35. The highest BCUT2D eigenvalue weighted by Crippen LogP contribution is 2.29. The van der Waals surface area contributed by atoms with E-state index in [1.54, 1.807) is 7.11 Å². The Morgan fingerprint density at radius 3 is 2.57 bits per heavy atom. The van der Waals surface area contributed by atoms with Crippen molar-refractivity contribution in [1.82, 2.24) is 0 Å². The molecule has 0 aliphatic heterocycles. The van der Waals surface area contributed by atoms with Gasteiger partial charge in [-0.3, -0.25) is 0 Å². The van der Waals surface area contributed by atoms with Crippen LogP contribution >= 0.6 is 0 Å². The average molecular weight is 282 g/mol. The van der Waals surface area contributed by atoms with E-state index in [2.05, 4.69) is 18.2 Å². The van der Waals surface area contributed by atoms with Crippen LogP contribution in [0.1, 0.15) is 28.7 Å². The van der Waals surface area contributed by atoms with Crippen molar-refractivity contribution in [3.63, 3.8) is 0 Å². The molecule has 110 valence electrons. The maximum atomic E-state index is 11.1. The van der Waals surface area contributed by atoms with Gasteiger partial charge in [0, 0.05) is 13.5 Å². The first-order valence-electron chi connectivity index (χ1n) is 7.59. The van der Waals surface area contributed by atoms with Crippen LogP contribution < -0.4 is 0 Å². The van der Waals surface area contributed by atoms with E-state index in [9.17, 15) is 5.11 Å². The fourth-order valence-corrected chi connectivity index (χ4v) is 3.30. The molecule has 0 amide bonds. The predicted octanol–water partition coefficient (Wildman–Crippen LogP) is 3.25. The summed E-state index contributed by atoms with van der Waals surface area (Å²) in [7, 11) is 1.64. The van der Waals surface area contributed by atoms with Crippen LogP contribution in [0.3, 0.4) is 0 Å². The molecule has 0 spiro atoms. The van der Waals surface area contributed by atoms with Crippen molar-refractivity contribution in [3.05, 3.63) is 70.8 Å². The minimum atomic E-state index is -0.969. The van der Waals surface area contributed by atoms with Gasteiger partial charge in [0.15, 0.2) is 0 Å². The molecule has 1 N–H and O–H groups in total. The van der Waals surface area contributed by atoms with Gasteiger partial charge < -0.3 is 9.84 Å². The van der Waals surface area contributed by atoms with Crippen LogP contribution in [0.2, 0.25) is 0 Å². The smallest absolute Gasteiger partial charge is 0.117 e. The zero-order valence-electron chi connectivity index (χ0n) is 12.5. The van der Waals surface area contributed by atoms with Gasteiger partial charge in [-0.15, -0.1) is 0 Å². The minimum Gasteiger partial charge on any atom is -0.382 e. The minimum absolute atomic E-state index is 0.300. The molecule has 2 heteroatoms. The summed E-state index contributed by atoms with van der Waals surface area (Å²) in [6.45, 7) is 0.300. The van der Waals surface area contributed by atoms with Crippen molar-refractivity contribution in [3.8, 4) is 0 Å². The van der Waals surface area contributed by atoms with Crippen molar-refractivity contribution in [2.24, 2.45) is 0 Å². The van der Waals surface area contributed by atoms with Crippen molar-refractivity contribution in [2.45, 2.75) is 31.3 Å². The van der Waals surface area contributed by atoms with Crippen LogP contribution in [0.25, 0.3) is 0 Å². The van der Waals surface area contributed by atoms with Gasteiger partial charge in [-0.1, -0.05) is 48.5 Å². The molecule has 0 saturated heterocycles. The molecule has 0 radical (unpaired) electrons. The highest BCUT2D eigenvalue weighted by atomic mass is 16.5. The Hall–Kier alpha value is -1.64. The Labute approximate surface area is 126 Å². The highest BCUT2D eigenvalue weighted by Gasteiger charge is 2.30. The lowest BCUT2D eigenvalue weighted by molar-refractivity contribution is -0.0355. The van der Waals surface area contributed by atoms with E-state index in [1.165, 1.54) is 29.5 Å². The third-order valence-electron chi connectivity index (χ3n) is 4.35. The second-order valence-corrected chi connectivity index (χ2v) is 5.96. The molecule has 0 saturated carbocycles. The monoisotopic (exact) mass is 282 g/mol. The summed E-state index contributed by atoms with van der Waals surface area (Å²) in [5, 5.41) is 11.1. The highest BCUT2D eigenvalue weighted by molar-refractivity contribution is 5.37. The molecule has 0 heterocycles. The van der Waals surface area contributed by atoms with Crippen molar-refractivity contribution in [1.29, 1.82) is 0 Å².